The molecule has 2 heterocycles. The van der Waals surface area contributed by atoms with Crippen molar-refractivity contribution >= 4 is 58.8 Å². The number of methoxy groups -OCH3 is 1. The van der Waals surface area contributed by atoms with Crippen LogP contribution in [0.3, 0.4) is 0 Å². The summed E-state index contributed by atoms with van der Waals surface area (Å²) >= 11 is 1.22. The van der Waals surface area contributed by atoms with Gasteiger partial charge in [-0.3, -0.25) is 4.79 Å². The van der Waals surface area contributed by atoms with E-state index in [0.717, 1.165) is 16.3 Å². The van der Waals surface area contributed by atoms with E-state index in [-0.39, 0.29) is 41.6 Å². The minimum absolute atomic E-state index is 0.0623. The summed E-state index contributed by atoms with van der Waals surface area (Å²) in [4.78, 5) is 25.1. The Morgan fingerprint density at radius 3 is 2.20 bits per heavy atom. The Balaban J connectivity index is 1.52. The Morgan fingerprint density at radius 1 is 0.971 bits per heavy atom. The number of anilines is 1. The summed E-state index contributed by atoms with van der Waals surface area (Å²) in [6, 6.07) is 12.8. The van der Waals surface area contributed by atoms with Gasteiger partial charge in [-0.25, -0.2) is 21.6 Å². The predicted molar refractivity (Wildman–Crippen MR) is 133 cm³/mol. The molecule has 1 amide bonds. The van der Waals surface area contributed by atoms with Gasteiger partial charge in [0.2, 0.25) is 15.9 Å². The Labute approximate surface area is 207 Å². The number of nitrogens with one attached hydrogen (secondary N) is 1. The topological polar surface area (TPSA) is 127 Å². The fourth-order valence-electron chi connectivity index (χ4n) is 4.10. The molecule has 0 saturated carbocycles. The van der Waals surface area contributed by atoms with Crippen molar-refractivity contribution in [1.82, 2.24) is 4.31 Å². The first-order chi connectivity index (χ1) is 16.5. The number of thiophene rings is 1. The predicted octanol–water partition coefficient (Wildman–Crippen LogP) is 3.13. The van der Waals surface area contributed by atoms with Gasteiger partial charge < -0.3 is 10.1 Å². The lowest BCUT2D eigenvalue weighted by atomic mass is 9.97. The molecule has 0 spiro atoms. The second kappa shape index (κ2) is 9.69. The van der Waals surface area contributed by atoms with E-state index in [1.54, 1.807) is 0 Å². The van der Waals surface area contributed by atoms with Crippen LogP contribution in [0.25, 0.3) is 10.1 Å². The Hall–Kier alpha value is -2.80. The van der Waals surface area contributed by atoms with Crippen LogP contribution in [0.15, 0.2) is 58.3 Å². The normalized spacial score (nSPS) is 15.7. The zero-order valence-electron chi connectivity index (χ0n) is 19.1. The first kappa shape index (κ1) is 25.3. The molecule has 0 atom stereocenters. The molecule has 1 fully saturated rings. The van der Waals surface area contributed by atoms with E-state index in [2.05, 4.69) is 5.32 Å². The highest BCUT2D eigenvalue weighted by atomic mass is 32.2. The van der Waals surface area contributed by atoms with Crippen LogP contribution in [0.1, 0.15) is 22.5 Å². The third-order valence-electron chi connectivity index (χ3n) is 5.91. The molecular weight excluding hydrogens is 512 g/mol. The molecule has 3 aromatic rings. The number of hydrogen-bond acceptors (Lipinski definition) is 8. The maximum Gasteiger partial charge on any atom is 0.350 e. The third kappa shape index (κ3) is 4.96. The molecule has 1 saturated heterocycles. The lowest BCUT2D eigenvalue weighted by Crippen LogP contribution is -2.41. The van der Waals surface area contributed by atoms with Crippen LogP contribution in [-0.2, 0) is 29.4 Å². The van der Waals surface area contributed by atoms with E-state index < -0.39 is 31.7 Å². The molecule has 35 heavy (non-hydrogen) atoms. The minimum Gasteiger partial charge on any atom is -0.465 e. The van der Waals surface area contributed by atoms with Gasteiger partial charge in [-0.05, 0) is 31.0 Å². The van der Waals surface area contributed by atoms with Crippen LogP contribution in [0.5, 0.6) is 0 Å². The third-order valence-corrected chi connectivity index (χ3v) is 10.3. The summed E-state index contributed by atoms with van der Waals surface area (Å²) in [7, 11) is -6.53. The summed E-state index contributed by atoms with van der Waals surface area (Å²) in [6.07, 6.45) is 1.47. The van der Waals surface area contributed by atoms with Gasteiger partial charge >= 0.3 is 5.97 Å². The van der Waals surface area contributed by atoms with Crippen LogP contribution < -0.4 is 5.32 Å². The molecule has 9 nitrogen and oxygen atoms in total. The van der Waals surface area contributed by atoms with Gasteiger partial charge in [-0.1, -0.05) is 30.3 Å². The van der Waals surface area contributed by atoms with Gasteiger partial charge in [0, 0.05) is 35.3 Å². The Kier molecular flexibility index (Phi) is 7.00. The van der Waals surface area contributed by atoms with Crippen LogP contribution in [0.2, 0.25) is 0 Å². The first-order valence-electron chi connectivity index (χ1n) is 10.7. The van der Waals surface area contributed by atoms with Crippen LogP contribution in [-0.4, -0.2) is 59.5 Å². The van der Waals surface area contributed by atoms with E-state index in [4.69, 9.17) is 4.74 Å². The number of esters is 1. The van der Waals surface area contributed by atoms with Crippen molar-refractivity contribution in [3.8, 4) is 0 Å². The molecule has 12 heteroatoms. The van der Waals surface area contributed by atoms with Crippen molar-refractivity contribution in [3.63, 3.8) is 0 Å². The number of sulfonamides is 1. The zero-order valence-corrected chi connectivity index (χ0v) is 21.5. The number of hydrogen-bond donors (Lipinski definition) is 1. The van der Waals surface area contributed by atoms with Gasteiger partial charge in [0.25, 0.3) is 0 Å². The summed E-state index contributed by atoms with van der Waals surface area (Å²) in [5.41, 5.74) is 0.389. The number of amides is 1. The highest BCUT2D eigenvalue weighted by Gasteiger charge is 2.35. The van der Waals surface area contributed by atoms with Gasteiger partial charge in [0.15, 0.2) is 9.84 Å². The summed E-state index contributed by atoms with van der Waals surface area (Å²) in [5, 5.41) is 3.58. The van der Waals surface area contributed by atoms with E-state index in [9.17, 15) is 26.4 Å². The van der Waals surface area contributed by atoms with Crippen molar-refractivity contribution in [2.45, 2.75) is 22.6 Å². The maximum absolute atomic E-state index is 13.2. The van der Waals surface area contributed by atoms with Crippen molar-refractivity contribution in [3.05, 3.63) is 53.4 Å². The zero-order chi connectivity index (χ0) is 25.4. The van der Waals surface area contributed by atoms with Crippen LogP contribution in [0.4, 0.5) is 5.69 Å². The molecule has 1 aromatic heterocycles. The van der Waals surface area contributed by atoms with Crippen LogP contribution in [0, 0.1) is 5.92 Å². The smallest absolute Gasteiger partial charge is 0.350 e. The van der Waals surface area contributed by atoms with Crippen molar-refractivity contribution < 1.29 is 31.2 Å². The van der Waals surface area contributed by atoms with E-state index in [0.29, 0.717) is 10.6 Å². The number of fused-ring (bicyclic) bond motifs is 1. The average molecular weight is 537 g/mol. The Bertz CT molecular complexity index is 1500. The van der Waals surface area contributed by atoms with Crippen molar-refractivity contribution in [2.75, 3.05) is 31.8 Å². The number of rotatable bonds is 6. The first-order valence-corrected chi connectivity index (χ1v) is 14.9. The number of ether oxygens (including phenoxy) is 1. The van der Waals surface area contributed by atoms with Gasteiger partial charge in [-0.15, -0.1) is 11.3 Å². The second-order valence-electron chi connectivity index (χ2n) is 8.18. The number of carbonyl (C=O) groups excluding carboxylic acids is 2. The van der Waals surface area contributed by atoms with Gasteiger partial charge in [0.1, 0.15) is 9.77 Å². The lowest BCUT2D eigenvalue weighted by Gasteiger charge is -2.31. The number of sulfone groups is 1. The number of carbonyl (C=O) groups is 2. The van der Waals surface area contributed by atoms with Crippen LogP contribution >= 0.6 is 11.3 Å². The molecule has 186 valence electrons. The monoisotopic (exact) mass is 536 g/mol. The quantitative estimate of drug-likeness (QED) is 0.480. The molecule has 0 bridgehead atoms. The van der Waals surface area contributed by atoms with E-state index in [1.807, 2.05) is 24.3 Å². The molecular formula is C23H24N2O7S3. The van der Waals surface area contributed by atoms with Crippen molar-refractivity contribution in [2.24, 2.45) is 5.92 Å². The summed E-state index contributed by atoms with van der Waals surface area (Å²) in [5.74, 6) is -1.34. The lowest BCUT2D eigenvalue weighted by molar-refractivity contribution is -0.120. The fraction of sp³-hybridized carbons (Fsp3) is 0.304. The van der Waals surface area contributed by atoms with Crippen molar-refractivity contribution in [1.29, 1.82) is 0 Å². The number of piperidine rings is 1. The molecule has 1 aliphatic rings. The molecule has 0 aliphatic carbocycles. The highest BCUT2D eigenvalue weighted by Crippen LogP contribution is 2.37. The fourth-order valence-corrected chi connectivity index (χ4v) is 8.25. The maximum atomic E-state index is 13.2. The van der Waals surface area contributed by atoms with Gasteiger partial charge in [0.05, 0.1) is 17.7 Å². The SMILES string of the molecule is COC(=O)c1sc2ccccc2c1NC(=O)C1CCN(S(=O)(=O)c2ccccc2S(C)(=O)=O)CC1. The average Bonchev–Trinajstić information content (AvgIpc) is 3.21. The number of benzene rings is 2. The molecule has 0 radical (unpaired) electrons. The standard InChI is InChI=1S/C23H24N2O7S3/c1-32-23(27)21-20(16-7-3-4-8-17(16)33-21)24-22(26)15-11-13-25(14-12-15)35(30,31)19-10-6-5-9-18(19)34(2,28)29/h3-10,15H,11-14H2,1-2H3,(H,24,26). The van der Waals surface area contributed by atoms with E-state index in [1.165, 1.54) is 47.0 Å². The second-order valence-corrected chi connectivity index (χ2v) is 13.1. The molecule has 4 rings (SSSR count). The number of nitrogens with zero attached hydrogens (tertiary/aromatic N) is 1. The summed E-state index contributed by atoms with van der Waals surface area (Å²) < 4.78 is 57.5. The Morgan fingerprint density at radius 2 is 1.57 bits per heavy atom. The minimum atomic E-state index is -4.06. The molecule has 0 unspecified atom stereocenters. The summed E-state index contributed by atoms with van der Waals surface area (Å²) in [6.45, 7) is 0.125. The molecule has 1 N–H and O–H groups in total. The molecule has 2 aromatic carbocycles. The highest BCUT2D eigenvalue weighted by molar-refractivity contribution is 7.93. The molecule has 1 aliphatic heterocycles. The largest absolute Gasteiger partial charge is 0.465 e. The van der Waals surface area contributed by atoms with E-state index >= 15 is 0 Å². The van der Waals surface area contributed by atoms with Gasteiger partial charge in [-0.2, -0.15) is 4.31 Å².